The van der Waals surface area contributed by atoms with Crippen LogP contribution in [0.1, 0.15) is 37.2 Å². The standard InChI is InChI=1S/C15H20ClNO/c1-18-14-3-2-12(8-13(14)16)11-4-6-15(7-5-11)9-17-10-15/h2-3,8,11,17H,4-7,9-10H2,1H3. The first-order valence-corrected chi connectivity index (χ1v) is 7.14. The summed E-state index contributed by atoms with van der Waals surface area (Å²) in [5, 5.41) is 4.15. The third-order valence-electron chi connectivity index (χ3n) is 4.69. The molecule has 1 aromatic carbocycles. The Morgan fingerprint density at radius 1 is 1.28 bits per heavy atom. The van der Waals surface area contributed by atoms with Gasteiger partial charge in [-0.3, -0.25) is 0 Å². The number of nitrogens with one attached hydrogen (secondary N) is 1. The third-order valence-corrected chi connectivity index (χ3v) is 4.99. The molecule has 2 nitrogen and oxygen atoms in total. The largest absolute Gasteiger partial charge is 0.495 e. The smallest absolute Gasteiger partial charge is 0.137 e. The van der Waals surface area contributed by atoms with Gasteiger partial charge in [0.05, 0.1) is 12.1 Å². The normalized spacial score (nSPS) is 22.8. The number of rotatable bonds is 2. The van der Waals surface area contributed by atoms with Crippen LogP contribution >= 0.6 is 11.6 Å². The molecular formula is C15H20ClNO. The minimum atomic E-state index is 0.632. The maximum Gasteiger partial charge on any atom is 0.137 e. The van der Waals surface area contributed by atoms with Gasteiger partial charge in [-0.25, -0.2) is 0 Å². The van der Waals surface area contributed by atoms with Gasteiger partial charge >= 0.3 is 0 Å². The molecule has 1 heterocycles. The van der Waals surface area contributed by atoms with Crippen molar-refractivity contribution in [3.05, 3.63) is 28.8 Å². The van der Waals surface area contributed by atoms with Crippen LogP contribution in [-0.4, -0.2) is 20.2 Å². The van der Waals surface area contributed by atoms with E-state index >= 15 is 0 Å². The molecule has 3 heteroatoms. The molecule has 1 aliphatic carbocycles. The van der Waals surface area contributed by atoms with E-state index in [1.165, 1.54) is 44.3 Å². The first-order chi connectivity index (χ1) is 8.72. The van der Waals surface area contributed by atoms with E-state index in [1.807, 2.05) is 6.07 Å². The van der Waals surface area contributed by atoms with Gasteiger partial charge in [-0.05, 0) is 54.7 Å². The van der Waals surface area contributed by atoms with Crippen molar-refractivity contribution in [3.8, 4) is 5.75 Å². The second kappa shape index (κ2) is 4.75. The highest BCUT2D eigenvalue weighted by atomic mass is 35.5. The molecule has 1 saturated carbocycles. The lowest BCUT2D eigenvalue weighted by atomic mass is 9.66. The molecule has 1 aromatic rings. The summed E-state index contributed by atoms with van der Waals surface area (Å²) in [7, 11) is 1.66. The minimum absolute atomic E-state index is 0.632. The Hall–Kier alpha value is -0.730. The maximum absolute atomic E-state index is 6.21. The van der Waals surface area contributed by atoms with E-state index in [0.29, 0.717) is 11.3 Å². The van der Waals surface area contributed by atoms with Crippen molar-refractivity contribution in [1.29, 1.82) is 0 Å². The van der Waals surface area contributed by atoms with Crippen LogP contribution in [-0.2, 0) is 0 Å². The number of ether oxygens (including phenoxy) is 1. The average Bonchev–Trinajstić information content (AvgIpc) is 2.37. The molecule has 98 valence electrons. The zero-order chi connectivity index (χ0) is 12.6. The Balaban J connectivity index is 1.70. The predicted molar refractivity (Wildman–Crippen MR) is 74.5 cm³/mol. The van der Waals surface area contributed by atoms with Gasteiger partial charge in [0, 0.05) is 13.1 Å². The van der Waals surface area contributed by atoms with Gasteiger partial charge in [-0.1, -0.05) is 17.7 Å². The van der Waals surface area contributed by atoms with Crippen molar-refractivity contribution in [3.63, 3.8) is 0 Å². The van der Waals surface area contributed by atoms with E-state index in [4.69, 9.17) is 16.3 Å². The van der Waals surface area contributed by atoms with E-state index in [1.54, 1.807) is 7.11 Å². The van der Waals surface area contributed by atoms with E-state index in [2.05, 4.69) is 17.4 Å². The Bertz CT molecular complexity index is 432. The molecule has 1 aliphatic heterocycles. The summed E-state index contributed by atoms with van der Waals surface area (Å²) in [4.78, 5) is 0. The second-order valence-electron chi connectivity index (χ2n) is 5.77. The zero-order valence-electron chi connectivity index (χ0n) is 10.8. The molecule has 1 N–H and O–H groups in total. The van der Waals surface area contributed by atoms with E-state index in [0.717, 1.165) is 10.8 Å². The topological polar surface area (TPSA) is 21.3 Å². The van der Waals surface area contributed by atoms with Crippen LogP contribution in [0, 0.1) is 5.41 Å². The summed E-state index contributed by atoms with van der Waals surface area (Å²) in [5.74, 6) is 1.45. The fraction of sp³-hybridized carbons (Fsp3) is 0.600. The number of benzene rings is 1. The molecule has 2 aliphatic rings. The quantitative estimate of drug-likeness (QED) is 0.882. The lowest BCUT2D eigenvalue weighted by Gasteiger charge is -2.47. The molecule has 0 bridgehead atoms. The third kappa shape index (κ3) is 2.12. The summed E-state index contributed by atoms with van der Waals surface area (Å²) in [6, 6.07) is 6.25. The van der Waals surface area contributed by atoms with Gasteiger partial charge in [0.2, 0.25) is 0 Å². The molecular weight excluding hydrogens is 246 g/mol. The van der Waals surface area contributed by atoms with Crippen LogP contribution < -0.4 is 10.1 Å². The van der Waals surface area contributed by atoms with Gasteiger partial charge in [0.15, 0.2) is 0 Å². The van der Waals surface area contributed by atoms with Crippen molar-refractivity contribution in [1.82, 2.24) is 5.32 Å². The highest BCUT2D eigenvalue weighted by Gasteiger charge is 2.40. The summed E-state index contributed by atoms with van der Waals surface area (Å²) in [5.41, 5.74) is 2.01. The van der Waals surface area contributed by atoms with E-state index in [9.17, 15) is 0 Å². The highest BCUT2D eigenvalue weighted by molar-refractivity contribution is 6.32. The first-order valence-electron chi connectivity index (χ1n) is 6.77. The van der Waals surface area contributed by atoms with Crippen LogP contribution in [0.4, 0.5) is 0 Å². The highest BCUT2D eigenvalue weighted by Crippen LogP contribution is 2.45. The maximum atomic E-state index is 6.21. The van der Waals surface area contributed by atoms with Crippen molar-refractivity contribution >= 4 is 11.6 Å². The van der Waals surface area contributed by atoms with Crippen molar-refractivity contribution in [2.75, 3.05) is 20.2 Å². The van der Waals surface area contributed by atoms with Crippen LogP contribution in [0.2, 0.25) is 5.02 Å². The summed E-state index contributed by atoms with van der Waals surface area (Å²) >= 11 is 6.21. The molecule has 0 aromatic heterocycles. The van der Waals surface area contributed by atoms with Gasteiger partial charge in [-0.15, -0.1) is 0 Å². The van der Waals surface area contributed by atoms with E-state index in [-0.39, 0.29) is 0 Å². The van der Waals surface area contributed by atoms with Crippen molar-refractivity contribution in [2.45, 2.75) is 31.6 Å². The van der Waals surface area contributed by atoms with Crippen molar-refractivity contribution < 1.29 is 4.74 Å². The fourth-order valence-corrected chi connectivity index (χ4v) is 3.60. The lowest BCUT2D eigenvalue weighted by Crippen LogP contribution is -2.54. The Morgan fingerprint density at radius 3 is 2.50 bits per heavy atom. The summed E-state index contributed by atoms with van der Waals surface area (Å²) < 4.78 is 5.21. The van der Waals surface area contributed by atoms with Crippen LogP contribution in [0.15, 0.2) is 18.2 Å². The van der Waals surface area contributed by atoms with Crippen LogP contribution in [0.5, 0.6) is 5.75 Å². The lowest BCUT2D eigenvalue weighted by molar-refractivity contribution is 0.0975. The number of hydrogen-bond donors (Lipinski definition) is 1. The number of hydrogen-bond acceptors (Lipinski definition) is 2. The van der Waals surface area contributed by atoms with Crippen LogP contribution in [0.3, 0.4) is 0 Å². The van der Waals surface area contributed by atoms with E-state index < -0.39 is 0 Å². The Kier molecular flexibility index (Phi) is 3.25. The first kappa shape index (κ1) is 12.3. The summed E-state index contributed by atoms with van der Waals surface area (Å²) in [6.45, 7) is 2.45. The average molecular weight is 266 g/mol. The summed E-state index contributed by atoms with van der Waals surface area (Å²) in [6.07, 6.45) is 5.30. The van der Waals surface area contributed by atoms with Gasteiger partial charge < -0.3 is 10.1 Å². The minimum Gasteiger partial charge on any atom is -0.495 e. The van der Waals surface area contributed by atoms with Gasteiger partial charge in [-0.2, -0.15) is 0 Å². The Morgan fingerprint density at radius 2 is 2.00 bits per heavy atom. The zero-order valence-corrected chi connectivity index (χ0v) is 11.6. The monoisotopic (exact) mass is 265 g/mol. The Labute approximate surface area is 114 Å². The molecule has 1 spiro atoms. The molecule has 0 radical (unpaired) electrons. The number of halogens is 1. The predicted octanol–water partition coefficient (Wildman–Crippen LogP) is 3.60. The van der Waals surface area contributed by atoms with Gasteiger partial charge in [0.1, 0.15) is 5.75 Å². The molecule has 18 heavy (non-hydrogen) atoms. The molecule has 0 atom stereocenters. The molecule has 0 unspecified atom stereocenters. The van der Waals surface area contributed by atoms with Crippen LogP contribution in [0.25, 0.3) is 0 Å². The molecule has 1 saturated heterocycles. The van der Waals surface area contributed by atoms with Gasteiger partial charge in [0.25, 0.3) is 0 Å². The second-order valence-corrected chi connectivity index (χ2v) is 6.18. The molecule has 0 amide bonds. The number of methoxy groups -OCH3 is 1. The fourth-order valence-electron chi connectivity index (χ4n) is 3.33. The SMILES string of the molecule is COc1ccc(C2CCC3(CC2)CNC3)cc1Cl. The molecule has 2 fully saturated rings. The van der Waals surface area contributed by atoms with Crippen molar-refractivity contribution in [2.24, 2.45) is 5.41 Å². The molecule has 3 rings (SSSR count).